The first-order valence-corrected chi connectivity index (χ1v) is 15.5. The molecule has 0 saturated carbocycles. The first-order chi connectivity index (χ1) is 18.6. The summed E-state index contributed by atoms with van der Waals surface area (Å²) in [7, 11) is 0. The van der Waals surface area contributed by atoms with E-state index >= 15 is 0 Å². The molecule has 8 nitrogen and oxygen atoms in total. The molecule has 0 radical (unpaired) electrons. The predicted molar refractivity (Wildman–Crippen MR) is 153 cm³/mol. The van der Waals surface area contributed by atoms with Gasteiger partial charge in [-0.3, -0.25) is 14.4 Å². The molecule has 224 valence electrons. The number of hydrogen-bond acceptors (Lipinski definition) is 5. The number of aliphatic carboxylic acids is 1. The molecular formula is C30H58N2O6. The number of ether oxygens (including phenoxy) is 2. The first kappa shape index (κ1) is 36.3. The Kier molecular flexibility index (Phi) is 28.6. The van der Waals surface area contributed by atoms with Gasteiger partial charge in [0.1, 0.15) is 0 Å². The molecule has 0 heterocycles. The van der Waals surface area contributed by atoms with E-state index in [0.29, 0.717) is 65.2 Å². The summed E-state index contributed by atoms with van der Waals surface area (Å²) in [5.74, 6) is -0.596. The van der Waals surface area contributed by atoms with Crippen LogP contribution in [0.5, 0.6) is 0 Å². The van der Waals surface area contributed by atoms with Crippen LogP contribution in [-0.2, 0) is 23.9 Å². The highest BCUT2D eigenvalue weighted by Gasteiger charge is 2.04. The van der Waals surface area contributed by atoms with E-state index in [-0.39, 0.29) is 11.8 Å². The molecule has 0 spiro atoms. The molecule has 0 unspecified atom stereocenters. The molecule has 0 aromatic rings. The summed E-state index contributed by atoms with van der Waals surface area (Å²) in [5, 5.41) is 14.3. The van der Waals surface area contributed by atoms with Crippen LogP contribution >= 0.6 is 0 Å². The monoisotopic (exact) mass is 542 g/mol. The number of amides is 2. The van der Waals surface area contributed by atoms with Crippen molar-refractivity contribution in [3.8, 4) is 0 Å². The molecule has 0 saturated heterocycles. The number of unbranched alkanes of at least 4 members (excludes halogenated alkanes) is 15. The minimum Gasteiger partial charge on any atom is -0.481 e. The summed E-state index contributed by atoms with van der Waals surface area (Å²) in [6.45, 7) is 5.27. The Morgan fingerprint density at radius 1 is 0.500 bits per heavy atom. The maximum atomic E-state index is 11.9. The van der Waals surface area contributed by atoms with E-state index in [1.165, 1.54) is 77.0 Å². The van der Waals surface area contributed by atoms with Gasteiger partial charge in [-0.05, 0) is 26.2 Å². The lowest BCUT2D eigenvalue weighted by atomic mass is 10.0. The minimum atomic E-state index is -0.677. The lowest BCUT2D eigenvalue weighted by Crippen LogP contribution is -2.29. The molecule has 0 aromatic carbocycles. The standard InChI is InChI=1S/C30H58N2O6/c1-2-37-26-27-38-25-24-32-29(34)21-19-23-31-28(33)20-17-15-13-11-9-7-5-3-4-6-8-10-12-14-16-18-22-30(35)36/h2-27H2,1H3,(H,31,33)(H,32,34)(H,35,36). The Hall–Kier alpha value is -1.67. The van der Waals surface area contributed by atoms with Gasteiger partial charge in [-0.2, -0.15) is 0 Å². The van der Waals surface area contributed by atoms with Crippen molar-refractivity contribution < 1.29 is 29.0 Å². The van der Waals surface area contributed by atoms with E-state index in [1.54, 1.807) is 0 Å². The molecule has 0 fully saturated rings. The zero-order chi connectivity index (χ0) is 27.9. The van der Waals surface area contributed by atoms with Crippen LogP contribution in [0.2, 0.25) is 0 Å². The van der Waals surface area contributed by atoms with E-state index in [2.05, 4.69) is 10.6 Å². The van der Waals surface area contributed by atoms with Crippen molar-refractivity contribution in [3.63, 3.8) is 0 Å². The third-order valence-electron chi connectivity index (χ3n) is 6.59. The second kappa shape index (κ2) is 29.9. The molecular weight excluding hydrogens is 484 g/mol. The minimum absolute atomic E-state index is 0.00837. The summed E-state index contributed by atoms with van der Waals surface area (Å²) in [6, 6.07) is 0. The lowest BCUT2D eigenvalue weighted by Gasteiger charge is -2.07. The summed E-state index contributed by atoms with van der Waals surface area (Å²) >= 11 is 0. The Labute approximate surface area is 232 Å². The first-order valence-electron chi connectivity index (χ1n) is 15.5. The summed E-state index contributed by atoms with van der Waals surface area (Å²) in [6.07, 6.45) is 21.3. The molecule has 0 rings (SSSR count). The van der Waals surface area contributed by atoms with Crippen molar-refractivity contribution in [3.05, 3.63) is 0 Å². The van der Waals surface area contributed by atoms with Gasteiger partial charge in [-0.25, -0.2) is 0 Å². The van der Waals surface area contributed by atoms with Crippen molar-refractivity contribution in [1.29, 1.82) is 0 Å². The van der Waals surface area contributed by atoms with Crippen molar-refractivity contribution in [2.75, 3.05) is 39.5 Å². The van der Waals surface area contributed by atoms with Crippen LogP contribution < -0.4 is 10.6 Å². The van der Waals surface area contributed by atoms with Crippen molar-refractivity contribution in [2.45, 2.75) is 135 Å². The van der Waals surface area contributed by atoms with Crippen molar-refractivity contribution in [1.82, 2.24) is 10.6 Å². The van der Waals surface area contributed by atoms with Crippen LogP contribution in [0.1, 0.15) is 135 Å². The maximum Gasteiger partial charge on any atom is 0.303 e. The lowest BCUT2D eigenvalue weighted by molar-refractivity contribution is -0.137. The van der Waals surface area contributed by atoms with Gasteiger partial charge in [0.15, 0.2) is 0 Å². The third-order valence-corrected chi connectivity index (χ3v) is 6.59. The fourth-order valence-electron chi connectivity index (χ4n) is 4.32. The molecule has 0 atom stereocenters. The fourth-order valence-corrected chi connectivity index (χ4v) is 4.32. The molecule has 38 heavy (non-hydrogen) atoms. The number of nitrogens with one attached hydrogen (secondary N) is 2. The Morgan fingerprint density at radius 2 is 0.895 bits per heavy atom. The van der Waals surface area contributed by atoms with E-state index in [4.69, 9.17) is 14.6 Å². The van der Waals surface area contributed by atoms with Gasteiger partial charge in [-0.15, -0.1) is 0 Å². The fraction of sp³-hybridized carbons (Fsp3) is 0.900. The van der Waals surface area contributed by atoms with Crippen LogP contribution in [0.3, 0.4) is 0 Å². The highest BCUT2D eigenvalue weighted by atomic mass is 16.5. The molecule has 0 aromatic heterocycles. The topological polar surface area (TPSA) is 114 Å². The summed E-state index contributed by atoms with van der Waals surface area (Å²) in [5.41, 5.74) is 0. The van der Waals surface area contributed by atoms with E-state index in [1.807, 2.05) is 6.92 Å². The van der Waals surface area contributed by atoms with E-state index in [0.717, 1.165) is 25.7 Å². The Balaban J connectivity index is 3.24. The highest BCUT2D eigenvalue weighted by Crippen LogP contribution is 2.14. The molecule has 2 amide bonds. The molecule has 3 N–H and O–H groups in total. The van der Waals surface area contributed by atoms with Gasteiger partial charge < -0.3 is 25.2 Å². The SMILES string of the molecule is CCOCCOCCNC(=O)CCCNC(=O)CCCCCCCCCCCCCCCCCCC(=O)O. The zero-order valence-corrected chi connectivity index (χ0v) is 24.4. The molecule has 0 aliphatic carbocycles. The Bertz CT molecular complexity index is 559. The molecule has 0 bridgehead atoms. The quantitative estimate of drug-likeness (QED) is 0.0937. The van der Waals surface area contributed by atoms with Crippen LogP contribution in [-0.4, -0.2) is 62.4 Å². The van der Waals surface area contributed by atoms with Gasteiger partial charge in [0, 0.05) is 39.0 Å². The largest absolute Gasteiger partial charge is 0.481 e. The van der Waals surface area contributed by atoms with Gasteiger partial charge >= 0.3 is 5.97 Å². The molecule has 0 aliphatic rings. The van der Waals surface area contributed by atoms with Gasteiger partial charge in [0.2, 0.25) is 11.8 Å². The van der Waals surface area contributed by atoms with Gasteiger partial charge in [0.25, 0.3) is 0 Å². The number of carbonyl (C=O) groups is 3. The smallest absolute Gasteiger partial charge is 0.303 e. The van der Waals surface area contributed by atoms with Crippen LogP contribution in [0.4, 0.5) is 0 Å². The number of hydrogen-bond donors (Lipinski definition) is 3. The van der Waals surface area contributed by atoms with Crippen LogP contribution in [0, 0.1) is 0 Å². The van der Waals surface area contributed by atoms with E-state index < -0.39 is 5.97 Å². The van der Waals surface area contributed by atoms with Gasteiger partial charge in [0.05, 0.1) is 19.8 Å². The Morgan fingerprint density at radius 3 is 1.37 bits per heavy atom. The average Bonchev–Trinajstić information content (AvgIpc) is 2.89. The number of rotatable bonds is 30. The molecule has 8 heteroatoms. The number of carboxylic acid groups (broad SMARTS) is 1. The average molecular weight is 543 g/mol. The van der Waals surface area contributed by atoms with Crippen LogP contribution in [0.15, 0.2) is 0 Å². The normalized spacial score (nSPS) is 11.0. The highest BCUT2D eigenvalue weighted by molar-refractivity contribution is 5.77. The van der Waals surface area contributed by atoms with Gasteiger partial charge in [-0.1, -0.05) is 89.9 Å². The predicted octanol–water partition coefficient (Wildman–Crippen LogP) is 6.16. The van der Waals surface area contributed by atoms with Crippen molar-refractivity contribution >= 4 is 17.8 Å². The third kappa shape index (κ3) is 30.6. The van der Waals surface area contributed by atoms with E-state index in [9.17, 15) is 14.4 Å². The molecule has 0 aliphatic heterocycles. The number of carboxylic acids is 1. The summed E-state index contributed by atoms with van der Waals surface area (Å²) < 4.78 is 10.5. The second-order valence-electron chi connectivity index (χ2n) is 10.2. The summed E-state index contributed by atoms with van der Waals surface area (Å²) in [4.78, 5) is 34.2. The second-order valence-corrected chi connectivity index (χ2v) is 10.2. The maximum absolute atomic E-state index is 11.9. The zero-order valence-electron chi connectivity index (χ0n) is 24.4. The van der Waals surface area contributed by atoms with Crippen molar-refractivity contribution in [2.24, 2.45) is 0 Å². The number of carbonyl (C=O) groups excluding carboxylic acids is 2. The van der Waals surface area contributed by atoms with Crippen LogP contribution in [0.25, 0.3) is 0 Å².